The van der Waals surface area contributed by atoms with E-state index < -0.39 is 26.5 Å². The number of unbranched alkanes of at least 4 members (excludes halogenated alkanes) is 33. The maximum absolute atomic E-state index is 12.8. The van der Waals surface area contributed by atoms with Gasteiger partial charge in [-0.3, -0.25) is 18.6 Å². The van der Waals surface area contributed by atoms with Crippen LogP contribution in [0.1, 0.15) is 258 Å². The maximum atomic E-state index is 12.8. The summed E-state index contributed by atoms with van der Waals surface area (Å²) in [7, 11) is 1.49. The van der Waals surface area contributed by atoms with E-state index in [1.165, 1.54) is 193 Å². The fourth-order valence-electron chi connectivity index (χ4n) is 7.66. The van der Waals surface area contributed by atoms with Gasteiger partial charge in [0.2, 0.25) is 0 Å². The quantitative estimate of drug-likeness (QED) is 0.0211. The Morgan fingerprint density at radius 2 is 0.823 bits per heavy atom. The summed E-state index contributed by atoms with van der Waals surface area (Å²) in [6.45, 7) is 4.46. The first kappa shape index (κ1) is 60.8. The second-order valence-corrected chi connectivity index (χ2v) is 20.7. The summed E-state index contributed by atoms with van der Waals surface area (Å²) in [5.74, 6) is -0.784. The van der Waals surface area contributed by atoms with E-state index in [9.17, 15) is 19.0 Å². The molecular formula is C52H103NO8P+. The van der Waals surface area contributed by atoms with Crippen molar-refractivity contribution < 1.29 is 42.1 Å². The standard InChI is InChI=1S/C52H102NO8P/c1-6-8-10-12-14-16-18-20-22-24-25-26-27-29-31-33-35-37-39-41-43-45-52(55)61-50(49-60-62(56,57)59-47-46-53(3,4)5)48-58-51(54)44-42-40-38-36-34-32-30-28-23-21-19-17-15-13-11-9-7-2/h17,19,50H,6-16,18,20-49H2,1-5H3/p+1/b19-17+/t50-/m1/s1. The predicted molar refractivity (Wildman–Crippen MR) is 261 cm³/mol. The molecule has 1 N–H and O–H groups in total. The zero-order valence-electron chi connectivity index (χ0n) is 41.6. The molecule has 0 saturated carbocycles. The van der Waals surface area contributed by atoms with E-state index in [2.05, 4.69) is 26.0 Å². The number of hydrogen-bond donors (Lipinski definition) is 1. The Kier molecular flexibility index (Phi) is 44.0. The molecule has 0 aromatic rings. The molecule has 0 fully saturated rings. The molecular weight excluding hydrogens is 798 g/mol. The van der Waals surface area contributed by atoms with Crippen molar-refractivity contribution in [2.75, 3.05) is 47.5 Å². The average molecular weight is 901 g/mol. The van der Waals surface area contributed by atoms with Crippen LogP contribution in [0.5, 0.6) is 0 Å². The van der Waals surface area contributed by atoms with Crippen LogP contribution in [0, 0.1) is 0 Å². The zero-order chi connectivity index (χ0) is 45.7. The topological polar surface area (TPSA) is 108 Å². The van der Waals surface area contributed by atoms with Gasteiger partial charge in [-0.2, -0.15) is 0 Å². The highest BCUT2D eigenvalue weighted by Crippen LogP contribution is 2.43. The number of phosphoric ester groups is 1. The molecule has 0 aliphatic rings. The first-order valence-corrected chi connectivity index (χ1v) is 27.9. The Morgan fingerprint density at radius 1 is 0.484 bits per heavy atom. The summed E-state index contributed by atoms with van der Waals surface area (Å²) < 4.78 is 34.5. The summed E-state index contributed by atoms with van der Waals surface area (Å²) in [5.41, 5.74) is 0. The van der Waals surface area contributed by atoms with Gasteiger partial charge in [0.1, 0.15) is 19.8 Å². The zero-order valence-corrected chi connectivity index (χ0v) is 42.5. The molecule has 0 bridgehead atoms. The third-order valence-corrected chi connectivity index (χ3v) is 12.8. The van der Waals surface area contributed by atoms with Gasteiger partial charge in [0.15, 0.2) is 6.10 Å². The summed E-state index contributed by atoms with van der Waals surface area (Å²) in [5, 5.41) is 0. The minimum atomic E-state index is -4.38. The molecule has 0 aliphatic carbocycles. The van der Waals surface area contributed by atoms with Crippen LogP contribution in [0.2, 0.25) is 0 Å². The molecule has 2 atom stereocenters. The van der Waals surface area contributed by atoms with E-state index in [1.54, 1.807) is 0 Å². The molecule has 0 radical (unpaired) electrons. The van der Waals surface area contributed by atoms with E-state index in [0.29, 0.717) is 23.9 Å². The van der Waals surface area contributed by atoms with E-state index in [0.717, 1.165) is 32.1 Å². The monoisotopic (exact) mass is 901 g/mol. The van der Waals surface area contributed by atoms with Crippen molar-refractivity contribution in [2.45, 2.75) is 264 Å². The highest BCUT2D eigenvalue weighted by molar-refractivity contribution is 7.47. The molecule has 1 unspecified atom stereocenters. The lowest BCUT2D eigenvalue weighted by atomic mass is 10.0. The third-order valence-electron chi connectivity index (χ3n) is 11.8. The van der Waals surface area contributed by atoms with Crippen LogP contribution in [0.15, 0.2) is 12.2 Å². The second kappa shape index (κ2) is 44.9. The number of quaternary nitrogens is 1. The van der Waals surface area contributed by atoms with Gasteiger partial charge in [0.05, 0.1) is 27.7 Å². The van der Waals surface area contributed by atoms with Crippen LogP contribution in [0.3, 0.4) is 0 Å². The van der Waals surface area contributed by atoms with Crippen LogP contribution in [0.25, 0.3) is 0 Å². The lowest BCUT2D eigenvalue weighted by Crippen LogP contribution is -2.37. The number of phosphoric acid groups is 1. The van der Waals surface area contributed by atoms with Crippen molar-refractivity contribution in [3.8, 4) is 0 Å². The first-order chi connectivity index (χ1) is 30.0. The minimum absolute atomic E-state index is 0.0351. The number of carbonyl (C=O) groups is 2. The van der Waals surface area contributed by atoms with Crippen molar-refractivity contribution >= 4 is 19.8 Å². The van der Waals surface area contributed by atoms with E-state index in [4.69, 9.17) is 18.5 Å². The van der Waals surface area contributed by atoms with Crippen molar-refractivity contribution in [1.29, 1.82) is 0 Å². The molecule has 0 saturated heterocycles. The smallest absolute Gasteiger partial charge is 0.462 e. The number of hydrogen-bond acceptors (Lipinski definition) is 7. The second-order valence-electron chi connectivity index (χ2n) is 19.3. The van der Waals surface area contributed by atoms with Crippen molar-refractivity contribution in [2.24, 2.45) is 0 Å². The van der Waals surface area contributed by atoms with Gasteiger partial charge in [-0.1, -0.05) is 219 Å². The number of ether oxygens (including phenoxy) is 2. The van der Waals surface area contributed by atoms with Crippen molar-refractivity contribution in [3.05, 3.63) is 12.2 Å². The summed E-state index contributed by atoms with van der Waals surface area (Å²) in [6.07, 6.45) is 49.8. The summed E-state index contributed by atoms with van der Waals surface area (Å²) in [6, 6.07) is 0. The Bertz CT molecular complexity index is 1060. The van der Waals surface area contributed by atoms with Gasteiger partial charge in [0, 0.05) is 12.8 Å². The molecule has 0 heterocycles. The van der Waals surface area contributed by atoms with Gasteiger partial charge in [0.25, 0.3) is 0 Å². The number of esters is 2. The number of rotatable bonds is 49. The lowest BCUT2D eigenvalue weighted by molar-refractivity contribution is -0.870. The highest BCUT2D eigenvalue weighted by Gasteiger charge is 2.27. The summed E-state index contributed by atoms with van der Waals surface area (Å²) in [4.78, 5) is 35.6. The molecule has 0 aromatic heterocycles. The Balaban J connectivity index is 4.19. The number of likely N-dealkylation sites (N-methyl/N-ethyl adjacent to an activating group) is 1. The highest BCUT2D eigenvalue weighted by atomic mass is 31.2. The molecule has 9 nitrogen and oxygen atoms in total. The van der Waals surface area contributed by atoms with Crippen LogP contribution in [-0.2, 0) is 32.7 Å². The van der Waals surface area contributed by atoms with Gasteiger partial charge in [-0.05, 0) is 38.5 Å². The minimum Gasteiger partial charge on any atom is -0.462 e. The van der Waals surface area contributed by atoms with Crippen LogP contribution in [-0.4, -0.2) is 74.9 Å². The number of carbonyl (C=O) groups excluding carboxylic acids is 2. The Morgan fingerprint density at radius 3 is 1.21 bits per heavy atom. The first-order valence-electron chi connectivity index (χ1n) is 26.4. The molecule has 0 rings (SSSR count). The maximum Gasteiger partial charge on any atom is 0.472 e. The normalized spacial score (nSPS) is 13.5. The average Bonchev–Trinajstić information content (AvgIpc) is 3.23. The molecule has 0 amide bonds. The van der Waals surface area contributed by atoms with E-state index >= 15 is 0 Å². The Labute approximate surface area is 384 Å². The molecule has 0 spiro atoms. The van der Waals surface area contributed by atoms with Crippen LogP contribution >= 0.6 is 7.82 Å². The third kappa shape index (κ3) is 48.2. The molecule has 0 aromatic carbocycles. The van der Waals surface area contributed by atoms with E-state index in [1.807, 2.05) is 21.1 Å². The van der Waals surface area contributed by atoms with Crippen LogP contribution < -0.4 is 0 Å². The molecule has 368 valence electrons. The molecule has 62 heavy (non-hydrogen) atoms. The van der Waals surface area contributed by atoms with Gasteiger partial charge >= 0.3 is 19.8 Å². The van der Waals surface area contributed by atoms with Gasteiger partial charge in [-0.15, -0.1) is 0 Å². The SMILES string of the molecule is CCCCCC/C=C/CCCCCCCCCCCC(=O)OC[C@H](COP(=O)(O)OCC[N+](C)(C)C)OC(=O)CCCCCCCCCCCCCCCCCCCCCCC. The molecule has 10 heteroatoms. The Hall–Kier alpha value is -1.25. The number of allylic oxidation sites excluding steroid dienone is 2. The summed E-state index contributed by atoms with van der Waals surface area (Å²) >= 11 is 0. The largest absolute Gasteiger partial charge is 0.472 e. The van der Waals surface area contributed by atoms with E-state index in [-0.39, 0.29) is 25.6 Å². The fourth-order valence-corrected chi connectivity index (χ4v) is 8.40. The van der Waals surface area contributed by atoms with Gasteiger partial charge in [-0.25, -0.2) is 4.57 Å². The number of nitrogens with zero attached hydrogens (tertiary/aromatic N) is 1. The van der Waals surface area contributed by atoms with Crippen molar-refractivity contribution in [3.63, 3.8) is 0 Å². The predicted octanol–water partition coefficient (Wildman–Crippen LogP) is 15.7. The fraction of sp³-hybridized carbons (Fsp3) is 0.923. The van der Waals surface area contributed by atoms with Crippen molar-refractivity contribution in [1.82, 2.24) is 0 Å². The van der Waals surface area contributed by atoms with Gasteiger partial charge < -0.3 is 18.9 Å². The lowest BCUT2D eigenvalue weighted by Gasteiger charge is -2.24. The molecule has 0 aliphatic heterocycles. The van der Waals surface area contributed by atoms with Crippen LogP contribution in [0.4, 0.5) is 0 Å².